The topological polar surface area (TPSA) is 60.2 Å². The number of aryl methyl sites for hydroxylation is 1. The molecule has 2 rings (SSSR count). The van der Waals surface area contributed by atoms with E-state index in [2.05, 4.69) is 26.2 Å². The van der Waals surface area contributed by atoms with Crippen molar-refractivity contribution in [2.24, 2.45) is 0 Å². The molecule has 2 aromatic rings. The predicted molar refractivity (Wildman–Crippen MR) is 82.0 cm³/mol. The van der Waals surface area contributed by atoms with Gasteiger partial charge in [-0.25, -0.2) is 0 Å². The molecule has 0 radical (unpaired) electrons. The van der Waals surface area contributed by atoms with Crippen LogP contribution in [-0.4, -0.2) is 11.6 Å². The quantitative estimate of drug-likeness (QED) is 0.897. The van der Waals surface area contributed by atoms with Gasteiger partial charge in [0.2, 0.25) is 5.88 Å². The van der Waals surface area contributed by atoms with E-state index in [1.54, 1.807) is 6.07 Å². The van der Waals surface area contributed by atoms with Crippen LogP contribution < -0.4 is 15.8 Å². The zero-order chi connectivity index (χ0) is 13.8. The molecule has 0 bridgehead atoms. The summed E-state index contributed by atoms with van der Waals surface area (Å²) in [6.07, 6.45) is 0. The maximum absolute atomic E-state index is 5.79. The Kier molecular flexibility index (Phi) is 4.27. The summed E-state index contributed by atoms with van der Waals surface area (Å²) in [4.78, 5) is 4.34. The molecule has 0 fully saturated rings. The molecule has 4 nitrogen and oxygen atoms in total. The number of ether oxygens (including phenoxy) is 1. The fourth-order valence-electron chi connectivity index (χ4n) is 1.59. The average Bonchev–Trinajstić information content (AvgIpc) is 2.38. The molecule has 100 valence electrons. The van der Waals surface area contributed by atoms with Crippen LogP contribution >= 0.6 is 15.9 Å². The molecule has 1 aromatic heterocycles. The van der Waals surface area contributed by atoms with Gasteiger partial charge in [-0.1, -0.05) is 22.0 Å². The molecule has 3 N–H and O–H groups in total. The van der Waals surface area contributed by atoms with Gasteiger partial charge in [0.15, 0.2) is 0 Å². The first-order valence-electron chi connectivity index (χ1n) is 6.02. The lowest BCUT2D eigenvalue weighted by atomic mass is 10.2. The zero-order valence-electron chi connectivity index (χ0n) is 10.9. The Hall–Kier alpha value is -1.75. The monoisotopic (exact) mass is 321 g/mol. The molecule has 0 saturated heterocycles. The Morgan fingerprint density at radius 1 is 1.32 bits per heavy atom. The zero-order valence-corrected chi connectivity index (χ0v) is 12.5. The number of hydrogen-bond donors (Lipinski definition) is 2. The second-order valence-electron chi connectivity index (χ2n) is 4.11. The molecule has 0 atom stereocenters. The van der Waals surface area contributed by atoms with Gasteiger partial charge < -0.3 is 15.8 Å². The number of anilines is 3. The SMILES string of the molecule is CCOc1nc(Nc2ccc(C)c(Br)c2)ccc1N. The number of nitrogen functional groups attached to an aromatic ring is 1. The first-order valence-corrected chi connectivity index (χ1v) is 6.82. The van der Waals surface area contributed by atoms with Crippen molar-refractivity contribution in [3.63, 3.8) is 0 Å². The highest BCUT2D eigenvalue weighted by Crippen LogP contribution is 2.25. The Bertz CT molecular complexity index is 587. The number of nitrogens with two attached hydrogens (primary N) is 1. The molecule has 5 heteroatoms. The summed E-state index contributed by atoms with van der Waals surface area (Å²) in [5, 5.41) is 3.22. The Morgan fingerprint density at radius 2 is 2.11 bits per heavy atom. The van der Waals surface area contributed by atoms with Crippen LogP contribution in [-0.2, 0) is 0 Å². The maximum atomic E-state index is 5.79. The van der Waals surface area contributed by atoms with Gasteiger partial charge in [0.25, 0.3) is 0 Å². The van der Waals surface area contributed by atoms with Crippen molar-refractivity contribution in [2.45, 2.75) is 13.8 Å². The van der Waals surface area contributed by atoms with Gasteiger partial charge in [-0.15, -0.1) is 0 Å². The van der Waals surface area contributed by atoms with Gasteiger partial charge in [-0.05, 0) is 43.7 Å². The first-order chi connectivity index (χ1) is 9.10. The number of benzene rings is 1. The fraction of sp³-hybridized carbons (Fsp3) is 0.214. The summed E-state index contributed by atoms with van der Waals surface area (Å²) >= 11 is 3.51. The minimum absolute atomic E-state index is 0.457. The second-order valence-corrected chi connectivity index (χ2v) is 4.97. The largest absolute Gasteiger partial charge is 0.476 e. The maximum Gasteiger partial charge on any atom is 0.239 e. The molecular formula is C14H16BrN3O. The summed E-state index contributed by atoms with van der Waals surface area (Å²) < 4.78 is 6.43. The predicted octanol–water partition coefficient (Wildman–Crippen LogP) is 3.88. The van der Waals surface area contributed by atoms with Gasteiger partial charge in [-0.2, -0.15) is 4.98 Å². The van der Waals surface area contributed by atoms with E-state index in [0.29, 0.717) is 24.0 Å². The summed E-state index contributed by atoms with van der Waals surface area (Å²) in [5.41, 5.74) is 8.47. The highest BCUT2D eigenvalue weighted by molar-refractivity contribution is 9.10. The minimum Gasteiger partial charge on any atom is -0.476 e. The fourth-order valence-corrected chi connectivity index (χ4v) is 1.97. The van der Waals surface area contributed by atoms with Gasteiger partial charge in [0.05, 0.1) is 12.3 Å². The molecule has 0 unspecified atom stereocenters. The van der Waals surface area contributed by atoms with Crippen LogP contribution in [0.2, 0.25) is 0 Å². The van der Waals surface area contributed by atoms with Gasteiger partial charge in [0.1, 0.15) is 5.82 Å². The molecular weight excluding hydrogens is 306 g/mol. The second kappa shape index (κ2) is 5.93. The van der Waals surface area contributed by atoms with E-state index >= 15 is 0 Å². The van der Waals surface area contributed by atoms with Crippen molar-refractivity contribution < 1.29 is 4.74 Å². The highest BCUT2D eigenvalue weighted by Gasteiger charge is 2.05. The molecule has 0 saturated carbocycles. The van der Waals surface area contributed by atoms with Gasteiger partial charge in [-0.3, -0.25) is 0 Å². The number of nitrogens with zero attached hydrogens (tertiary/aromatic N) is 1. The number of nitrogens with one attached hydrogen (secondary N) is 1. The number of halogens is 1. The van der Waals surface area contributed by atoms with E-state index in [1.165, 1.54) is 5.56 Å². The standard InChI is InChI=1S/C14H16BrN3O/c1-3-19-14-12(16)6-7-13(18-14)17-10-5-4-9(2)11(15)8-10/h4-8H,3,16H2,1-2H3,(H,17,18). The highest BCUT2D eigenvalue weighted by atomic mass is 79.9. The van der Waals surface area contributed by atoms with Crippen molar-refractivity contribution in [3.05, 3.63) is 40.4 Å². The lowest BCUT2D eigenvalue weighted by Crippen LogP contribution is -2.02. The Labute approximate surface area is 121 Å². The summed E-state index contributed by atoms with van der Waals surface area (Å²) in [6, 6.07) is 9.65. The van der Waals surface area contributed by atoms with Crippen LogP contribution in [0.1, 0.15) is 12.5 Å². The van der Waals surface area contributed by atoms with Crippen LogP contribution in [0.25, 0.3) is 0 Å². The van der Waals surface area contributed by atoms with E-state index in [4.69, 9.17) is 10.5 Å². The molecule has 0 aliphatic carbocycles. The van der Waals surface area contributed by atoms with Gasteiger partial charge in [0, 0.05) is 10.2 Å². The number of aromatic nitrogens is 1. The van der Waals surface area contributed by atoms with Crippen molar-refractivity contribution in [2.75, 3.05) is 17.7 Å². The third-order valence-corrected chi connectivity index (χ3v) is 3.47. The molecule has 0 amide bonds. The van der Waals surface area contributed by atoms with Crippen molar-refractivity contribution >= 4 is 33.1 Å². The number of rotatable bonds is 4. The lowest BCUT2D eigenvalue weighted by molar-refractivity contribution is 0.329. The van der Waals surface area contributed by atoms with E-state index in [9.17, 15) is 0 Å². The van der Waals surface area contributed by atoms with Crippen molar-refractivity contribution in [3.8, 4) is 5.88 Å². The Balaban J connectivity index is 2.22. The number of pyridine rings is 1. The van der Waals surface area contributed by atoms with Crippen LogP contribution in [0.3, 0.4) is 0 Å². The lowest BCUT2D eigenvalue weighted by Gasteiger charge is -2.10. The van der Waals surface area contributed by atoms with Crippen LogP contribution in [0.15, 0.2) is 34.8 Å². The van der Waals surface area contributed by atoms with Crippen LogP contribution in [0.5, 0.6) is 5.88 Å². The van der Waals surface area contributed by atoms with Crippen LogP contribution in [0, 0.1) is 6.92 Å². The summed E-state index contributed by atoms with van der Waals surface area (Å²) in [6.45, 7) is 4.48. The third kappa shape index (κ3) is 3.38. The minimum atomic E-state index is 0.457. The first kappa shape index (κ1) is 13.7. The van der Waals surface area contributed by atoms with E-state index in [0.717, 1.165) is 10.2 Å². The smallest absolute Gasteiger partial charge is 0.239 e. The third-order valence-electron chi connectivity index (χ3n) is 2.62. The molecule has 0 aliphatic heterocycles. The molecule has 1 aromatic carbocycles. The molecule has 0 spiro atoms. The van der Waals surface area contributed by atoms with E-state index in [1.807, 2.05) is 38.1 Å². The molecule has 0 aliphatic rings. The normalized spacial score (nSPS) is 10.3. The number of hydrogen-bond acceptors (Lipinski definition) is 4. The van der Waals surface area contributed by atoms with Gasteiger partial charge >= 0.3 is 0 Å². The van der Waals surface area contributed by atoms with Crippen molar-refractivity contribution in [1.29, 1.82) is 0 Å². The summed E-state index contributed by atoms with van der Waals surface area (Å²) in [7, 11) is 0. The van der Waals surface area contributed by atoms with Crippen LogP contribution in [0.4, 0.5) is 17.2 Å². The van der Waals surface area contributed by atoms with E-state index in [-0.39, 0.29) is 0 Å². The molecule has 1 heterocycles. The average molecular weight is 322 g/mol. The summed E-state index contributed by atoms with van der Waals surface area (Å²) in [5.74, 6) is 1.16. The Morgan fingerprint density at radius 3 is 2.79 bits per heavy atom. The molecule has 19 heavy (non-hydrogen) atoms. The van der Waals surface area contributed by atoms with Crippen molar-refractivity contribution in [1.82, 2.24) is 4.98 Å². The van der Waals surface area contributed by atoms with E-state index < -0.39 is 0 Å².